The van der Waals surface area contributed by atoms with E-state index >= 15 is 0 Å². The van der Waals surface area contributed by atoms with E-state index in [0.29, 0.717) is 5.92 Å². The predicted octanol–water partition coefficient (Wildman–Crippen LogP) is 3.70. The summed E-state index contributed by atoms with van der Waals surface area (Å²) in [6.45, 7) is 4.87. The molecule has 8 heteroatoms. The van der Waals surface area contributed by atoms with Crippen LogP contribution in [0.3, 0.4) is 0 Å². The average molecular weight is 341 g/mol. The maximum Gasteiger partial charge on any atom is 0.227 e. The van der Waals surface area contributed by atoms with Crippen LogP contribution in [0, 0.1) is 5.92 Å². The minimum atomic E-state index is -1.81. The molecule has 0 spiro atoms. The monoisotopic (exact) mass is 339 g/mol. The molecule has 0 N–H and O–H groups in total. The third kappa shape index (κ3) is 3.38. The van der Waals surface area contributed by atoms with Gasteiger partial charge in [-0.1, -0.05) is 71.9 Å². The third-order valence-electron chi connectivity index (χ3n) is 2.33. The van der Waals surface area contributed by atoms with Crippen LogP contribution in [0.2, 0.25) is 0 Å². The lowest BCUT2D eigenvalue weighted by Crippen LogP contribution is -2.56. The van der Waals surface area contributed by atoms with Gasteiger partial charge in [-0.2, -0.15) is 5.10 Å². The number of rotatable bonds is 3. The summed E-state index contributed by atoms with van der Waals surface area (Å²) >= 11 is 29.9. The fourth-order valence-electron chi connectivity index (χ4n) is 1.65. The molecular weight excluding hydrogens is 327 g/mol. The van der Waals surface area contributed by atoms with Crippen LogP contribution in [0.4, 0.5) is 0 Å². The Bertz CT molecular complexity index is 299. The van der Waals surface area contributed by atoms with Gasteiger partial charge in [0.05, 0.1) is 0 Å². The second-order valence-corrected chi connectivity index (χ2v) is 8.06. The highest BCUT2D eigenvalue weighted by Gasteiger charge is 2.56. The summed E-state index contributed by atoms with van der Waals surface area (Å²) in [5, 5.41) is 5.71. The highest BCUT2D eigenvalue weighted by atomic mass is 35.6. The fraction of sp³-hybridized carbons (Fsp3) is 0.889. The van der Waals surface area contributed by atoms with Crippen LogP contribution < -0.4 is 0 Å². The van der Waals surface area contributed by atoms with Crippen molar-refractivity contribution in [3.63, 3.8) is 0 Å². The molecule has 1 aliphatic rings. The Balaban J connectivity index is 2.94. The first-order valence-electron chi connectivity index (χ1n) is 5.04. The Kier molecular flexibility index (Phi) is 4.99. The molecule has 0 fully saturated rings. The Morgan fingerprint density at radius 1 is 1.24 bits per heavy atom. The minimum absolute atomic E-state index is 0.412. The normalized spacial score (nSPS) is 21.8. The van der Waals surface area contributed by atoms with Crippen LogP contribution in [0.1, 0.15) is 13.8 Å². The molecule has 0 saturated heterocycles. The van der Waals surface area contributed by atoms with Gasteiger partial charge in [0.25, 0.3) is 0 Å². The summed E-state index contributed by atoms with van der Waals surface area (Å²) in [7, 11) is 1.73. The van der Waals surface area contributed by atoms with Gasteiger partial charge in [0.15, 0.2) is 6.17 Å². The highest BCUT2D eigenvalue weighted by Crippen LogP contribution is 2.50. The van der Waals surface area contributed by atoms with Crippen molar-refractivity contribution in [2.45, 2.75) is 28.1 Å². The van der Waals surface area contributed by atoms with Crippen LogP contribution in [-0.4, -0.2) is 44.1 Å². The van der Waals surface area contributed by atoms with Crippen molar-refractivity contribution in [1.82, 2.24) is 9.91 Å². The summed E-state index contributed by atoms with van der Waals surface area (Å²) in [5.74, 6) is 0.412. The molecule has 1 unspecified atom stereocenters. The number of hydrogen-bond donors (Lipinski definition) is 0. The lowest BCUT2D eigenvalue weighted by molar-refractivity contribution is 0.134. The van der Waals surface area contributed by atoms with Crippen LogP contribution in [0.15, 0.2) is 5.10 Å². The molecule has 0 saturated carbocycles. The lowest BCUT2D eigenvalue weighted by Gasteiger charge is -2.40. The molecule has 0 aliphatic carbocycles. The van der Waals surface area contributed by atoms with E-state index in [0.717, 1.165) is 6.54 Å². The molecular formula is C9H14Cl5N3. The minimum Gasteiger partial charge on any atom is -0.337 e. The molecule has 0 aromatic carbocycles. The Labute approximate surface area is 127 Å². The second kappa shape index (κ2) is 5.38. The Hall–Kier alpha value is 0.720. The van der Waals surface area contributed by atoms with Crippen LogP contribution in [-0.2, 0) is 0 Å². The van der Waals surface area contributed by atoms with E-state index in [1.807, 2.05) is 4.90 Å². The number of hydrazone groups is 1. The van der Waals surface area contributed by atoms with E-state index < -0.39 is 14.3 Å². The molecule has 0 radical (unpaired) electrons. The molecule has 1 rings (SSSR count). The van der Waals surface area contributed by atoms with Gasteiger partial charge >= 0.3 is 0 Å². The van der Waals surface area contributed by atoms with Gasteiger partial charge in [-0.25, -0.2) is 0 Å². The number of nitrogens with zero attached hydrogens (tertiary/aromatic N) is 3. The summed E-state index contributed by atoms with van der Waals surface area (Å²) < 4.78 is -3.39. The van der Waals surface area contributed by atoms with Gasteiger partial charge in [0, 0.05) is 13.6 Å². The molecule has 17 heavy (non-hydrogen) atoms. The van der Waals surface area contributed by atoms with E-state index in [9.17, 15) is 0 Å². The van der Waals surface area contributed by atoms with Gasteiger partial charge in [-0.15, -0.1) is 0 Å². The van der Waals surface area contributed by atoms with Crippen molar-refractivity contribution < 1.29 is 0 Å². The molecule has 0 aromatic rings. The van der Waals surface area contributed by atoms with Crippen LogP contribution in [0.5, 0.6) is 0 Å². The molecule has 1 heterocycles. The number of hydrogen-bond acceptors (Lipinski definition) is 3. The van der Waals surface area contributed by atoms with E-state index in [1.165, 1.54) is 0 Å². The lowest BCUT2D eigenvalue weighted by atomic mass is 10.2. The first-order valence-corrected chi connectivity index (χ1v) is 6.93. The summed E-state index contributed by atoms with van der Waals surface area (Å²) in [6, 6.07) is 0. The standard InChI is InChI=1S/C9H14Cl5N3/c1-6(2)4-17-5-15-16(3)7(17)8(10,11)9(12,13)14/h5-7H,4H2,1-3H3. The zero-order valence-corrected chi connectivity index (χ0v) is 13.5. The number of alkyl halides is 5. The van der Waals surface area contributed by atoms with Crippen LogP contribution in [0.25, 0.3) is 0 Å². The van der Waals surface area contributed by atoms with Crippen LogP contribution >= 0.6 is 58.0 Å². The first-order chi connectivity index (χ1) is 7.57. The first kappa shape index (κ1) is 15.8. The van der Waals surface area contributed by atoms with Gasteiger partial charge < -0.3 is 4.90 Å². The fourth-order valence-corrected chi connectivity index (χ4v) is 2.47. The molecule has 0 amide bonds. The van der Waals surface area contributed by atoms with Gasteiger partial charge in [-0.3, -0.25) is 5.01 Å². The predicted molar refractivity (Wildman–Crippen MR) is 76.3 cm³/mol. The average Bonchev–Trinajstić information content (AvgIpc) is 2.44. The van der Waals surface area contributed by atoms with Crippen molar-refractivity contribution >= 4 is 64.3 Å². The Morgan fingerprint density at radius 3 is 2.18 bits per heavy atom. The van der Waals surface area contributed by atoms with Gasteiger partial charge in [-0.05, 0) is 5.92 Å². The SMILES string of the molecule is CC(C)CN1C=NN(C)C1C(Cl)(Cl)C(Cl)(Cl)Cl. The zero-order chi connectivity index (χ0) is 13.4. The molecule has 100 valence electrons. The zero-order valence-electron chi connectivity index (χ0n) is 9.67. The van der Waals surface area contributed by atoms with Crippen molar-refractivity contribution in [3.8, 4) is 0 Å². The Morgan fingerprint density at radius 2 is 1.76 bits per heavy atom. The van der Waals surface area contributed by atoms with Gasteiger partial charge in [0.1, 0.15) is 6.34 Å². The van der Waals surface area contributed by atoms with E-state index in [4.69, 9.17) is 58.0 Å². The maximum atomic E-state index is 6.20. The summed E-state index contributed by atoms with van der Waals surface area (Å²) in [4.78, 5) is 1.87. The molecule has 1 aliphatic heterocycles. The van der Waals surface area contributed by atoms with Crippen molar-refractivity contribution in [3.05, 3.63) is 0 Å². The summed E-state index contributed by atoms with van der Waals surface area (Å²) in [5.41, 5.74) is 0. The maximum absolute atomic E-state index is 6.20. The van der Waals surface area contributed by atoms with E-state index in [2.05, 4.69) is 18.9 Å². The second-order valence-electron chi connectivity index (χ2n) is 4.39. The van der Waals surface area contributed by atoms with Gasteiger partial charge in [0.2, 0.25) is 8.13 Å². The highest BCUT2D eigenvalue weighted by molar-refractivity contribution is 6.75. The number of halogens is 5. The molecule has 0 aromatic heterocycles. The molecule has 1 atom stereocenters. The van der Waals surface area contributed by atoms with Crippen molar-refractivity contribution in [2.75, 3.05) is 13.6 Å². The molecule has 0 bridgehead atoms. The third-order valence-corrected chi connectivity index (χ3v) is 4.76. The summed E-state index contributed by atoms with van der Waals surface area (Å²) in [6.07, 6.45) is 1.14. The van der Waals surface area contributed by atoms with E-state index in [1.54, 1.807) is 18.4 Å². The van der Waals surface area contributed by atoms with Crippen molar-refractivity contribution in [1.29, 1.82) is 0 Å². The quantitative estimate of drug-likeness (QED) is 0.729. The van der Waals surface area contributed by atoms with E-state index in [-0.39, 0.29) is 0 Å². The molecule has 3 nitrogen and oxygen atoms in total. The smallest absolute Gasteiger partial charge is 0.227 e. The van der Waals surface area contributed by atoms with Crippen molar-refractivity contribution in [2.24, 2.45) is 11.0 Å². The topological polar surface area (TPSA) is 18.8 Å². The largest absolute Gasteiger partial charge is 0.337 e.